The summed E-state index contributed by atoms with van der Waals surface area (Å²) in [5, 5.41) is 0.502. The average molecular weight is 241 g/mol. The van der Waals surface area contributed by atoms with Gasteiger partial charge in [0.2, 0.25) is 5.91 Å². The van der Waals surface area contributed by atoms with Gasteiger partial charge in [-0.25, -0.2) is 4.98 Å². The maximum Gasteiger partial charge on any atom is 0.241 e. The van der Waals surface area contributed by atoms with E-state index in [1.807, 2.05) is 4.90 Å². The highest BCUT2D eigenvalue weighted by Gasteiger charge is 2.23. The van der Waals surface area contributed by atoms with Crippen LogP contribution in [0.2, 0.25) is 5.02 Å². The van der Waals surface area contributed by atoms with Gasteiger partial charge in [0.1, 0.15) is 0 Å². The van der Waals surface area contributed by atoms with E-state index in [0.717, 1.165) is 6.54 Å². The van der Waals surface area contributed by atoms with Gasteiger partial charge in [0.25, 0.3) is 0 Å². The highest BCUT2D eigenvalue weighted by molar-refractivity contribution is 6.30. The first-order valence-electron chi connectivity index (χ1n) is 4.98. The van der Waals surface area contributed by atoms with Crippen LogP contribution < -0.4 is 10.6 Å². The lowest BCUT2D eigenvalue weighted by Gasteiger charge is -2.33. The molecule has 0 bridgehead atoms. The van der Waals surface area contributed by atoms with E-state index >= 15 is 0 Å². The molecule has 0 aromatic carbocycles. The van der Waals surface area contributed by atoms with E-state index in [1.54, 1.807) is 18.0 Å². The van der Waals surface area contributed by atoms with Gasteiger partial charge in [-0.15, -0.1) is 0 Å². The van der Waals surface area contributed by atoms with Gasteiger partial charge in [0.15, 0.2) is 5.82 Å². The number of likely N-dealkylation sites (N-methyl/N-ethyl adjacent to an activating group) is 1. The van der Waals surface area contributed by atoms with Gasteiger partial charge in [-0.3, -0.25) is 4.79 Å². The molecule has 1 aliphatic heterocycles. The number of amides is 1. The zero-order valence-corrected chi connectivity index (χ0v) is 9.74. The Morgan fingerprint density at radius 3 is 2.88 bits per heavy atom. The fraction of sp³-hybridized carbons (Fsp3) is 0.400. The molecule has 0 atom stereocenters. The number of nitrogens with zero attached hydrogens (tertiary/aromatic N) is 3. The molecule has 1 amide bonds. The lowest BCUT2D eigenvalue weighted by Crippen LogP contribution is -2.49. The van der Waals surface area contributed by atoms with Crippen molar-refractivity contribution < 1.29 is 4.79 Å². The second-order valence-corrected chi connectivity index (χ2v) is 4.24. The number of carbonyl (C=O) groups excluding carboxylic acids is 1. The zero-order chi connectivity index (χ0) is 11.7. The number of nitrogen functional groups attached to an aromatic ring is 1. The quantitative estimate of drug-likeness (QED) is 0.781. The molecule has 0 spiro atoms. The molecular weight excluding hydrogens is 228 g/mol. The van der Waals surface area contributed by atoms with Crippen molar-refractivity contribution in [3.63, 3.8) is 0 Å². The number of pyridine rings is 1. The third kappa shape index (κ3) is 2.04. The van der Waals surface area contributed by atoms with Crippen LogP contribution in [-0.2, 0) is 4.79 Å². The van der Waals surface area contributed by atoms with E-state index < -0.39 is 0 Å². The number of halogens is 1. The summed E-state index contributed by atoms with van der Waals surface area (Å²) in [6.07, 6.45) is 1.54. The van der Waals surface area contributed by atoms with E-state index in [-0.39, 0.29) is 5.91 Å². The summed E-state index contributed by atoms with van der Waals surface area (Å²) >= 11 is 5.77. The summed E-state index contributed by atoms with van der Waals surface area (Å²) in [5.74, 6) is 0.702. The fourth-order valence-electron chi connectivity index (χ4n) is 1.65. The van der Waals surface area contributed by atoms with E-state index in [1.165, 1.54) is 6.20 Å². The predicted octanol–water partition coefficient (Wildman–Crippen LogP) is 0.596. The van der Waals surface area contributed by atoms with Crippen LogP contribution in [0.5, 0.6) is 0 Å². The standard InChI is InChI=1S/C10H13ClN4O/c1-14-2-3-15(6-9(14)16)10-8(12)4-7(11)5-13-10/h4-5H,2-3,6,12H2,1H3. The third-order valence-corrected chi connectivity index (χ3v) is 2.83. The summed E-state index contributed by atoms with van der Waals surface area (Å²) in [4.78, 5) is 19.3. The maximum atomic E-state index is 11.5. The van der Waals surface area contributed by atoms with Gasteiger partial charge in [-0.05, 0) is 6.07 Å². The molecule has 2 N–H and O–H groups in total. The highest BCUT2D eigenvalue weighted by atomic mass is 35.5. The zero-order valence-electron chi connectivity index (χ0n) is 8.98. The summed E-state index contributed by atoms with van der Waals surface area (Å²) in [6.45, 7) is 1.74. The Hall–Kier alpha value is -1.49. The number of rotatable bonds is 1. The van der Waals surface area contributed by atoms with Gasteiger partial charge in [-0.1, -0.05) is 11.6 Å². The van der Waals surface area contributed by atoms with Crippen LogP contribution in [0, 0.1) is 0 Å². The Balaban J connectivity index is 2.22. The molecule has 0 saturated carbocycles. The summed E-state index contributed by atoms with van der Waals surface area (Å²) in [5.41, 5.74) is 6.32. The minimum Gasteiger partial charge on any atom is -0.396 e. The topological polar surface area (TPSA) is 62.5 Å². The minimum absolute atomic E-state index is 0.0717. The first-order valence-corrected chi connectivity index (χ1v) is 5.35. The van der Waals surface area contributed by atoms with Crippen molar-refractivity contribution in [2.24, 2.45) is 0 Å². The molecular formula is C10H13ClN4O. The molecule has 2 heterocycles. The molecule has 1 fully saturated rings. The van der Waals surface area contributed by atoms with Crippen molar-refractivity contribution in [1.29, 1.82) is 0 Å². The largest absolute Gasteiger partial charge is 0.396 e. The lowest BCUT2D eigenvalue weighted by molar-refractivity contribution is -0.129. The second kappa shape index (κ2) is 4.17. The third-order valence-electron chi connectivity index (χ3n) is 2.62. The number of aromatic nitrogens is 1. The van der Waals surface area contributed by atoms with Crippen molar-refractivity contribution in [3.8, 4) is 0 Å². The first-order chi connectivity index (χ1) is 7.58. The van der Waals surface area contributed by atoms with Crippen LogP contribution in [-0.4, -0.2) is 42.5 Å². The molecule has 0 unspecified atom stereocenters. The van der Waals surface area contributed by atoms with E-state index in [0.29, 0.717) is 29.6 Å². The molecule has 0 radical (unpaired) electrons. The van der Waals surface area contributed by atoms with Crippen molar-refractivity contribution in [1.82, 2.24) is 9.88 Å². The Labute approximate surface area is 98.8 Å². The van der Waals surface area contributed by atoms with Crippen molar-refractivity contribution >= 4 is 29.0 Å². The number of hydrogen-bond donors (Lipinski definition) is 1. The number of anilines is 2. The van der Waals surface area contributed by atoms with Crippen molar-refractivity contribution in [2.75, 3.05) is 37.3 Å². The fourth-order valence-corrected chi connectivity index (χ4v) is 1.82. The van der Waals surface area contributed by atoms with E-state index in [2.05, 4.69) is 4.98 Å². The molecule has 6 heteroatoms. The predicted molar refractivity (Wildman–Crippen MR) is 63.5 cm³/mol. The Morgan fingerprint density at radius 2 is 2.25 bits per heavy atom. The molecule has 2 rings (SSSR count). The number of piperazine rings is 1. The van der Waals surface area contributed by atoms with E-state index in [9.17, 15) is 4.79 Å². The summed E-state index contributed by atoms with van der Waals surface area (Å²) in [6, 6.07) is 1.65. The van der Waals surface area contributed by atoms with Crippen LogP contribution in [0.3, 0.4) is 0 Å². The molecule has 1 saturated heterocycles. The Morgan fingerprint density at radius 1 is 1.50 bits per heavy atom. The summed E-state index contributed by atoms with van der Waals surface area (Å²) < 4.78 is 0. The number of carbonyl (C=O) groups is 1. The van der Waals surface area contributed by atoms with Crippen LogP contribution in [0.4, 0.5) is 11.5 Å². The minimum atomic E-state index is 0.0717. The van der Waals surface area contributed by atoms with Gasteiger partial charge >= 0.3 is 0 Å². The van der Waals surface area contributed by atoms with Gasteiger partial charge in [-0.2, -0.15) is 0 Å². The molecule has 0 aliphatic carbocycles. The van der Waals surface area contributed by atoms with Gasteiger partial charge in [0.05, 0.1) is 17.3 Å². The Kier molecular flexibility index (Phi) is 2.87. The molecule has 1 aromatic rings. The maximum absolute atomic E-state index is 11.5. The number of nitrogens with two attached hydrogens (primary N) is 1. The van der Waals surface area contributed by atoms with Crippen LogP contribution in [0.15, 0.2) is 12.3 Å². The SMILES string of the molecule is CN1CCN(c2ncc(Cl)cc2N)CC1=O. The average Bonchev–Trinajstić information content (AvgIpc) is 2.22. The second-order valence-electron chi connectivity index (χ2n) is 3.80. The molecule has 1 aliphatic rings. The van der Waals surface area contributed by atoms with Crippen molar-refractivity contribution in [2.45, 2.75) is 0 Å². The Bertz CT molecular complexity index is 423. The molecule has 5 nitrogen and oxygen atoms in total. The van der Waals surface area contributed by atoms with Crippen LogP contribution >= 0.6 is 11.6 Å². The molecule has 1 aromatic heterocycles. The number of hydrogen-bond acceptors (Lipinski definition) is 4. The van der Waals surface area contributed by atoms with E-state index in [4.69, 9.17) is 17.3 Å². The van der Waals surface area contributed by atoms with Crippen molar-refractivity contribution in [3.05, 3.63) is 17.3 Å². The van der Waals surface area contributed by atoms with Crippen LogP contribution in [0.1, 0.15) is 0 Å². The van der Waals surface area contributed by atoms with Gasteiger partial charge < -0.3 is 15.5 Å². The lowest BCUT2D eigenvalue weighted by atomic mass is 10.3. The van der Waals surface area contributed by atoms with Crippen LogP contribution in [0.25, 0.3) is 0 Å². The monoisotopic (exact) mass is 240 g/mol. The first kappa shape index (κ1) is 11.0. The van der Waals surface area contributed by atoms with Gasteiger partial charge in [0, 0.05) is 26.3 Å². The smallest absolute Gasteiger partial charge is 0.241 e. The molecule has 86 valence electrons. The normalized spacial score (nSPS) is 16.8. The molecule has 16 heavy (non-hydrogen) atoms. The summed E-state index contributed by atoms with van der Waals surface area (Å²) in [7, 11) is 1.79. The highest BCUT2D eigenvalue weighted by Crippen LogP contribution is 2.24.